The maximum Gasteiger partial charge on any atom is 0.245 e. The number of piperazine rings is 1. The summed E-state index contributed by atoms with van der Waals surface area (Å²) in [6.07, 6.45) is 0. The van der Waals surface area contributed by atoms with Crippen molar-refractivity contribution >= 4 is 17.5 Å². The van der Waals surface area contributed by atoms with Crippen molar-refractivity contribution in [3.8, 4) is 0 Å². The standard InChI is InChI=1S/C10H15N5O/c1-10(2)9(16)12-5-6-15(10)8-4-3-7(11)13-14-8/h3-4H,5-6H2,1-2H3,(H2,11,13)(H,12,16). The minimum absolute atomic E-state index is 0.00243. The summed E-state index contributed by atoms with van der Waals surface area (Å²) in [5.74, 6) is 1.05. The van der Waals surface area contributed by atoms with Gasteiger partial charge in [-0.3, -0.25) is 4.79 Å². The van der Waals surface area contributed by atoms with Crippen LogP contribution in [0.3, 0.4) is 0 Å². The molecule has 0 bridgehead atoms. The van der Waals surface area contributed by atoms with Crippen LogP contribution in [0.4, 0.5) is 11.6 Å². The Labute approximate surface area is 93.8 Å². The summed E-state index contributed by atoms with van der Waals surface area (Å²) >= 11 is 0. The highest BCUT2D eigenvalue weighted by atomic mass is 16.2. The highest BCUT2D eigenvalue weighted by Gasteiger charge is 2.38. The molecule has 1 aliphatic rings. The van der Waals surface area contributed by atoms with Gasteiger partial charge in [0.05, 0.1) is 0 Å². The number of anilines is 2. The SMILES string of the molecule is CC1(C)C(=O)NCCN1c1ccc(N)nn1. The molecule has 0 aliphatic carbocycles. The van der Waals surface area contributed by atoms with Crippen molar-refractivity contribution in [2.45, 2.75) is 19.4 Å². The zero-order valence-electron chi connectivity index (χ0n) is 9.40. The molecule has 6 heteroatoms. The Morgan fingerprint density at radius 3 is 2.81 bits per heavy atom. The number of aromatic nitrogens is 2. The molecule has 1 saturated heterocycles. The van der Waals surface area contributed by atoms with Gasteiger partial charge in [-0.1, -0.05) is 0 Å². The van der Waals surface area contributed by atoms with Gasteiger partial charge in [0.25, 0.3) is 0 Å². The summed E-state index contributed by atoms with van der Waals surface area (Å²) in [5, 5.41) is 10.6. The molecule has 2 heterocycles. The van der Waals surface area contributed by atoms with Crippen molar-refractivity contribution in [1.82, 2.24) is 15.5 Å². The number of carbonyl (C=O) groups excluding carboxylic acids is 1. The van der Waals surface area contributed by atoms with E-state index in [1.54, 1.807) is 12.1 Å². The van der Waals surface area contributed by atoms with Gasteiger partial charge in [-0.05, 0) is 26.0 Å². The number of hydrogen-bond donors (Lipinski definition) is 2. The molecule has 3 N–H and O–H groups in total. The lowest BCUT2D eigenvalue weighted by atomic mass is 9.99. The van der Waals surface area contributed by atoms with Gasteiger partial charge in [-0.25, -0.2) is 0 Å². The summed E-state index contributed by atoms with van der Waals surface area (Å²) in [6, 6.07) is 3.47. The van der Waals surface area contributed by atoms with Crippen LogP contribution in [0.25, 0.3) is 0 Å². The van der Waals surface area contributed by atoms with E-state index >= 15 is 0 Å². The molecule has 16 heavy (non-hydrogen) atoms. The molecule has 0 unspecified atom stereocenters. The van der Waals surface area contributed by atoms with Gasteiger partial charge in [0.2, 0.25) is 5.91 Å². The second kappa shape index (κ2) is 3.62. The number of amides is 1. The average molecular weight is 221 g/mol. The molecule has 0 atom stereocenters. The summed E-state index contributed by atoms with van der Waals surface area (Å²) in [5.41, 5.74) is 4.87. The third-order valence-corrected chi connectivity index (χ3v) is 2.80. The first kappa shape index (κ1) is 10.7. The fourth-order valence-electron chi connectivity index (χ4n) is 1.78. The highest BCUT2D eigenvalue weighted by molar-refractivity contribution is 5.90. The topological polar surface area (TPSA) is 84.1 Å². The van der Waals surface area contributed by atoms with Crippen molar-refractivity contribution in [1.29, 1.82) is 0 Å². The average Bonchev–Trinajstić information content (AvgIpc) is 2.24. The number of nitrogens with one attached hydrogen (secondary N) is 1. The van der Waals surface area contributed by atoms with Crippen LogP contribution in [0.5, 0.6) is 0 Å². The number of carbonyl (C=O) groups is 1. The summed E-state index contributed by atoms with van der Waals surface area (Å²) in [6.45, 7) is 5.06. The number of hydrogen-bond acceptors (Lipinski definition) is 5. The second-order valence-electron chi connectivity index (χ2n) is 4.28. The van der Waals surface area contributed by atoms with Crippen molar-refractivity contribution < 1.29 is 4.79 Å². The Bertz CT molecular complexity index is 400. The van der Waals surface area contributed by atoms with Crippen LogP contribution in [0, 0.1) is 0 Å². The lowest BCUT2D eigenvalue weighted by molar-refractivity contribution is -0.126. The first-order chi connectivity index (χ1) is 7.51. The van der Waals surface area contributed by atoms with Gasteiger partial charge in [0, 0.05) is 13.1 Å². The Morgan fingerprint density at radius 2 is 2.19 bits per heavy atom. The fourth-order valence-corrected chi connectivity index (χ4v) is 1.78. The number of nitrogens with two attached hydrogens (primary N) is 1. The van der Waals surface area contributed by atoms with Gasteiger partial charge in [-0.2, -0.15) is 0 Å². The van der Waals surface area contributed by atoms with Crippen LogP contribution in [-0.4, -0.2) is 34.7 Å². The Balaban J connectivity index is 2.32. The number of rotatable bonds is 1. The Morgan fingerprint density at radius 1 is 1.44 bits per heavy atom. The van der Waals surface area contributed by atoms with Crippen LogP contribution in [0.1, 0.15) is 13.8 Å². The van der Waals surface area contributed by atoms with Crippen LogP contribution in [0.2, 0.25) is 0 Å². The van der Waals surface area contributed by atoms with E-state index in [4.69, 9.17) is 5.73 Å². The molecule has 0 saturated carbocycles. The predicted molar refractivity (Wildman–Crippen MR) is 60.9 cm³/mol. The molecule has 86 valence electrons. The van der Waals surface area contributed by atoms with Gasteiger partial charge < -0.3 is 16.0 Å². The summed E-state index contributed by atoms with van der Waals surface area (Å²) < 4.78 is 0. The number of nitrogen functional groups attached to an aromatic ring is 1. The first-order valence-electron chi connectivity index (χ1n) is 5.17. The lowest BCUT2D eigenvalue weighted by Gasteiger charge is -2.41. The molecule has 1 amide bonds. The smallest absolute Gasteiger partial charge is 0.245 e. The van der Waals surface area contributed by atoms with Gasteiger partial charge >= 0.3 is 0 Å². The molecule has 1 aromatic heterocycles. The first-order valence-corrected chi connectivity index (χ1v) is 5.17. The van der Waals surface area contributed by atoms with E-state index in [1.807, 2.05) is 18.7 Å². The lowest BCUT2D eigenvalue weighted by Crippen LogP contribution is -2.62. The van der Waals surface area contributed by atoms with E-state index in [1.165, 1.54) is 0 Å². The fraction of sp³-hybridized carbons (Fsp3) is 0.500. The van der Waals surface area contributed by atoms with Crippen LogP contribution < -0.4 is 16.0 Å². The predicted octanol–water partition coefficient (Wildman–Crippen LogP) is -0.226. The van der Waals surface area contributed by atoms with E-state index in [0.717, 1.165) is 6.54 Å². The van der Waals surface area contributed by atoms with Crippen molar-refractivity contribution in [3.05, 3.63) is 12.1 Å². The van der Waals surface area contributed by atoms with Crippen molar-refractivity contribution in [2.75, 3.05) is 23.7 Å². The molecule has 1 aliphatic heterocycles. The summed E-state index contributed by atoms with van der Waals surface area (Å²) in [4.78, 5) is 13.7. The molecule has 2 rings (SSSR count). The number of nitrogens with zero attached hydrogens (tertiary/aromatic N) is 3. The van der Waals surface area contributed by atoms with Gasteiger partial charge in [0.15, 0.2) is 5.82 Å². The van der Waals surface area contributed by atoms with Gasteiger partial charge in [0.1, 0.15) is 11.4 Å². The van der Waals surface area contributed by atoms with Crippen LogP contribution >= 0.6 is 0 Å². The molecule has 0 radical (unpaired) electrons. The third kappa shape index (κ3) is 1.66. The van der Waals surface area contributed by atoms with E-state index in [-0.39, 0.29) is 5.91 Å². The molecule has 1 fully saturated rings. The maximum absolute atomic E-state index is 11.7. The summed E-state index contributed by atoms with van der Waals surface area (Å²) in [7, 11) is 0. The molecule has 1 aromatic rings. The minimum atomic E-state index is -0.608. The Kier molecular flexibility index (Phi) is 2.41. The molecular formula is C10H15N5O. The zero-order chi connectivity index (χ0) is 11.8. The van der Waals surface area contributed by atoms with Crippen molar-refractivity contribution in [3.63, 3.8) is 0 Å². The molecule has 0 aromatic carbocycles. The second-order valence-corrected chi connectivity index (χ2v) is 4.28. The van der Waals surface area contributed by atoms with Crippen LogP contribution in [0.15, 0.2) is 12.1 Å². The largest absolute Gasteiger partial charge is 0.382 e. The maximum atomic E-state index is 11.7. The van der Waals surface area contributed by atoms with E-state index in [9.17, 15) is 4.79 Å². The zero-order valence-corrected chi connectivity index (χ0v) is 9.40. The quantitative estimate of drug-likeness (QED) is 0.684. The normalized spacial score (nSPS) is 19.4. The monoisotopic (exact) mass is 221 g/mol. The van der Waals surface area contributed by atoms with E-state index in [0.29, 0.717) is 18.2 Å². The molecular weight excluding hydrogens is 206 g/mol. The van der Waals surface area contributed by atoms with Gasteiger partial charge in [-0.15, -0.1) is 10.2 Å². The van der Waals surface area contributed by atoms with Crippen molar-refractivity contribution in [2.24, 2.45) is 0 Å². The molecule has 0 spiro atoms. The minimum Gasteiger partial charge on any atom is -0.382 e. The van der Waals surface area contributed by atoms with E-state index in [2.05, 4.69) is 15.5 Å². The Hall–Kier alpha value is -1.85. The van der Waals surface area contributed by atoms with Crippen LogP contribution in [-0.2, 0) is 4.79 Å². The third-order valence-electron chi connectivity index (χ3n) is 2.80. The van der Waals surface area contributed by atoms with E-state index < -0.39 is 5.54 Å². The highest BCUT2D eigenvalue weighted by Crippen LogP contribution is 2.23. The molecule has 6 nitrogen and oxygen atoms in total.